The standard InChI is InChI=1S/C21H24N2O5/c1-3-13-27-18-11-7-5-9-16(18)20(24)22-23-21(25)17-10-6-8-12-19(17)28-15-14-26-4-2/h3,5-12H,1,4,13-15H2,2H3,(H,22,24)(H,23,25). The van der Waals surface area contributed by atoms with Gasteiger partial charge in [-0.15, -0.1) is 0 Å². The highest BCUT2D eigenvalue weighted by Crippen LogP contribution is 2.19. The van der Waals surface area contributed by atoms with Crippen LogP contribution < -0.4 is 20.3 Å². The van der Waals surface area contributed by atoms with E-state index in [1.165, 1.54) is 0 Å². The normalized spacial score (nSPS) is 10.0. The predicted molar refractivity (Wildman–Crippen MR) is 105 cm³/mol. The van der Waals surface area contributed by atoms with Crippen molar-refractivity contribution in [1.29, 1.82) is 0 Å². The smallest absolute Gasteiger partial charge is 0.273 e. The number of hydrogen-bond acceptors (Lipinski definition) is 5. The summed E-state index contributed by atoms with van der Waals surface area (Å²) >= 11 is 0. The van der Waals surface area contributed by atoms with Gasteiger partial charge < -0.3 is 14.2 Å². The molecular weight excluding hydrogens is 360 g/mol. The van der Waals surface area contributed by atoms with Crippen molar-refractivity contribution in [2.45, 2.75) is 6.92 Å². The molecule has 0 radical (unpaired) electrons. The summed E-state index contributed by atoms with van der Waals surface area (Å²) in [5.41, 5.74) is 5.39. The number of nitrogens with one attached hydrogen (secondary N) is 2. The molecule has 0 aromatic heterocycles. The molecule has 0 atom stereocenters. The first-order chi connectivity index (χ1) is 13.7. The second-order valence-corrected chi connectivity index (χ2v) is 5.55. The Hall–Kier alpha value is -3.32. The van der Waals surface area contributed by atoms with Gasteiger partial charge in [-0.05, 0) is 31.2 Å². The lowest BCUT2D eigenvalue weighted by Crippen LogP contribution is -2.41. The quantitative estimate of drug-likeness (QED) is 0.374. The molecule has 0 heterocycles. The molecule has 0 spiro atoms. The zero-order chi connectivity index (χ0) is 20.2. The number of hydrogen-bond donors (Lipinski definition) is 2. The van der Waals surface area contributed by atoms with Crippen molar-refractivity contribution < 1.29 is 23.8 Å². The first kappa shape index (κ1) is 21.0. The molecule has 0 saturated carbocycles. The van der Waals surface area contributed by atoms with E-state index in [0.29, 0.717) is 42.4 Å². The Labute approximate surface area is 164 Å². The minimum Gasteiger partial charge on any atom is -0.490 e. The number of amides is 2. The van der Waals surface area contributed by atoms with Gasteiger partial charge in [0.25, 0.3) is 11.8 Å². The minimum absolute atomic E-state index is 0.267. The molecule has 7 nitrogen and oxygen atoms in total. The Bertz CT molecular complexity index is 807. The van der Waals surface area contributed by atoms with Crippen molar-refractivity contribution in [3.63, 3.8) is 0 Å². The van der Waals surface area contributed by atoms with Gasteiger partial charge in [0.15, 0.2) is 0 Å². The van der Waals surface area contributed by atoms with Crippen LogP contribution in [0, 0.1) is 0 Å². The third kappa shape index (κ3) is 6.14. The maximum atomic E-state index is 12.5. The summed E-state index contributed by atoms with van der Waals surface area (Å²) in [4.78, 5) is 24.9. The molecule has 2 N–H and O–H groups in total. The van der Waals surface area contributed by atoms with Gasteiger partial charge in [-0.1, -0.05) is 36.9 Å². The van der Waals surface area contributed by atoms with E-state index < -0.39 is 11.8 Å². The van der Waals surface area contributed by atoms with Gasteiger partial charge in [-0.3, -0.25) is 20.4 Å². The van der Waals surface area contributed by atoms with Gasteiger partial charge in [0.05, 0.1) is 17.7 Å². The van der Waals surface area contributed by atoms with E-state index in [1.54, 1.807) is 54.6 Å². The Kier molecular flexibility index (Phi) is 8.55. The van der Waals surface area contributed by atoms with Gasteiger partial charge >= 0.3 is 0 Å². The Morgan fingerprint density at radius 2 is 1.43 bits per heavy atom. The monoisotopic (exact) mass is 384 g/mol. The predicted octanol–water partition coefficient (Wildman–Crippen LogP) is 2.74. The largest absolute Gasteiger partial charge is 0.490 e. The van der Waals surface area contributed by atoms with Crippen LogP contribution in [0.1, 0.15) is 27.6 Å². The molecule has 0 saturated heterocycles. The molecule has 2 rings (SSSR count). The molecule has 28 heavy (non-hydrogen) atoms. The number of rotatable bonds is 10. The summed E-state index contributed by atoms with van der Waals surface area (Å²) in [5, 5.41) is 0. The van der Waals surface area contributed by atoms with Crippen LogP contribution in [0.5, 0.6) is 11.5 Å². The van der Waals surface area contributed by atoms with E-state index in [9.17, 15) is 9.59 Å². The topological polar surface area (TPSA) is 85.9 Å². The van der Waals surface area contributed by atoms with Crippen LogP contribution in [0.4, 0.5) is 0 Å². The third-order valence-electron chi connectivity index (χ3n) is 3.60. The van der Waals surface area contributed by atoms with Gasteiger partial charge in [-0.2, -0.15) is 0 Å². The van der Waals surface area contributed by atoms with Crippen LogP contribution in [0.2, 0.25) is 0 Å². The van der Waals surface area contributed by atoms with E-state index in [4.69, 9.17) is 14.2 Å². The molecule has 0 bridgehead atoms. The van der Waals surface area contributed by atoms with Crippen molar-refractivity contribution in [3.05, 3.63) is 72.3 Å². The molecule has 0 aliphatic rings. The van der Waals surface area contributed by atoms with Gasteiger partial charge in [-0.25, -0.2) is 0 Å². The summed E-state index contributed by atoms with van der Waals surface area (Å²) in [7, 11) is 0. The Morgan fingerprint density at radius 1 is 0.893 bits per heavy atom. The molecule has 0 aliphatic carbocycles. The van der Waals surface area contributed by atoms with E-state index in [-0.39, 0.29) is 6.61 Å². The second kappa shape index (κ2) is 11.4. The summed E-state index contributed by atoms with van der Waals surface area (Å²) in [6, 6.07) is 13.5. The average molecular weight is 384 g/mol. The zero-order valence-corrected chi connectivity index (χ0v) is 15.8. The van der Waals surface area contributed by atoms with Crippen LogP contribution in [-0.2, 0) is 4.74 Å². The van der Waals surface area contributed by atoms with Crippen molar-refractivity contribution in [1.82, 2.24) is 10.9 Å². The molecule has 148 valence electrons. The lowest BCUT2D eigenvalue weighted by Gasteiger charge is -2.13. The number of benzene rings is 2. The van der Waals surface area contributed by atoms with E-state index in [1.807, 2.05) is 6.92 Å². The lowest BCUT2D eigenvalue weighted by atomic mass is 10.2. The number of hydrazine groups is 1. The maximum Gasteiger partial charge on any atom is 0.273 e. The van der Waals surface area contributed by atoms with Crippen molar-refractivity contribution >= 4 is 11.8 Å². The Morgan fingerprint density at radius 3 is 1.96 bits per heavy atom. The summed E-state index contributed by atoms with van der Waals surface area (Å²) in [6.45, 7) is 7.07. The molecule has 0 fully saturated rings. The molecule has 7 heteroatoms. The maximum absolute atomic E-state index is 12.5. The average Bonchev–Trinajstić information content (AvgIpc) is 2.74. The molecule has 0 unspecified atom stereocenters. The third-order valence-corrected chi connectivity index (χ3v) is 3.60. The second-order valence-electron chi connectivity index (χ2n) is 5.55. The SMILES string of the molecule is C=CCOc1ccccc1C(=O)NNC(=O)c1ccccc1OCCOCC. The van der Waals surface area contributed by atoms with Crippen LogP contribution in [-0.4, -0.2) is 38.2 Å². The van der Waals surface area contributed by atoms with Gasteiger partial charge in [0, 0.05) is 6.61 Å². The number of ether oxygens (including phenoxy) is 3. The number of carbonyl (C=O) groups is 2. The van der Waals surface area contributed by atoms with Gasteiger partial charge in [0.1, 0.15) is 24.7 Å². The van der Waals surface area contributed by atoms with Crippen molar-refractivity contribution in [3.8, 4) is 11.5 Å². The van der Waals surface area contributed by atoms with Crippen LogP contribution >= 0.6 is 0 Å². The summed E-state index contributed by atoms with van der Waals surface area (Å²) in [6.07, 6.45) is 1.58. The van der Waals surface area contributed by atoms with Crippen molar-refractivity contribution in [2.75, 3.05) is 26.4 Å². The fraction of sp³-hybridized carbons (Fsp3) is 0.238. The zero-order valence-electron chi connectivity index (χ0n) is 15.8. The highest BCUT2D eigenvalue weighted by atomic mass is 16.5. The minimum atomic E-state index is -0.497. The first-order valence-corrected chi connectivity index (χ1v) is 8.90. The van der Waals surface area contributed by atoms with E-state index >= 15 is 0 Å². The van der Waals surface area contributed by atoms with Crippen LogP contribution in [0.15, 0.2) is 61.2 Å². The van der Waals surface area contributed by atoms with Gasteiger partial charge in [0.2, 0.25) is 0 Å². The molecule has 2 amide bonds. The highest BCUT2D eigenvalue weighted by molar-refractivity contribution is 6.01. The number of carbonyl (C=O) groups excluding carboxylic acids is 2. The van der Waals surface area contributed by atoms with Crippen LogP contribution in [0.3, 0.4) is 0 Å². The molecule has 2 aromatic rings. The molecule has 2 aromatic carbocycles. The molecular formula is C21H24N2O5. The van der Waals surface area contributed by atoms with E-state index in [0.717, 1.165) is 0 Å². The number of para-hydroxylation sites is 2. The van der Waals surface area contributed by atoms with E-state index in [2.05, 4.69) is 17.4 Å². The van der Waals surface area contributed by atoms with Crippen LogP contribution in [0.25, 0.3) is 0 Å². The fourth-order valence-corrected chi connectivity index (χ4v) is 2.31. The Balaban J connectivity index is 1.99. The summed E-state index contributed by atoms with van der Waals surface area (Å²) in [5.74, 6) is -0.190. The summed E-state index contributed by atoms with van der Waals surface area (Å²) < 4.78 is 16.3. The first-order valence-electron chi connectivity index (χ1n) is 8.90. The fourth-order valence-electron chi connectivity index (χ4n) is 2.31. The van der Waals surface area contributed by atoms with Crippen molar-refractivity contribution in [2.24, 2.45) is 0 Å². The lowest BCUT2D eigenvalue weighted by molar-refractivity contribution is 0.0838. The molecule has 0 aliphatic heterocycles. The highest BCUT2D eigenvalue weighted by Gasteiger charge is 2.16.